The molecule has 124 valence electrons. The molecule has 1 saturated heterocycles. The van der Waals surface area contributed by atoms with E-state index in [1.165, 1.54) is 29.3 Å². The molecule has 4 rings (SSSR count). The lowest BCUT2D eigenvalue weighted by Gasteiger charge is -2.39. The maximum absolute atomic E-state index is 12.6. The summed E-state index contributed by atoms with van der Waals surface area (Å²) in [5.41, 5.74) is 2.40. The molecule has 24 heavy (non-hydrogen) atoms. The molecule has 1 spiro atoms. The van der Waals surface area contributed by atoms with E-state index in [2.05, 4.69) is 12.1 Å². The summed E-state index contributed by atoms with van der Waals surface area (Å²) < 4.78 is 6.10. The van der Waals surface area contributed by atoms with Gasteiger partial charge in [-0.25, -0.2) is 0 Å². The number of piperidine rings is 1. The van der Waals surface area contributed by atoms with E-state index in [-0.39, 0.29) is 28.6 Å². The number of nitrogens with zero attached hydrogens (tertiary/aromatic N) is 1. The number of aromatic hydroxyl groups is 2. The van der Waals surface area contributed by atoms with Gasteiger partial charge in [0.15, 0.2) is 0 Å². The number of carbonyl (C=O) groups excluding carboxylic acids is 1. The van der Waals surface area contributed by atoms with Crippen LogP contribution in [0.15, 0.2) is 42.5 Å². The fourth-order valence-electron chi connectivity index (χ4n) is 3.74. The molecular formula is C19H19NO4. The molecule has 1 fully saturated rings. The van der Waals surface area contributed by atoms with Crippen molar-refractivity contribution in [3.05, 3.63) is 59.2 Å². The van der Waals surface area contributed by atoms with Crippen LogP contribution in [0.2, 0.25) is 0 Å². The maximum Gasteiger partial charge on any atom is 0.257 e. The monoisotopic (exact) mass is 325 g/mol. The minimum atomic E-state index is -0.287. The normalized spacial score (nSPS) is 18.6. The molecule has 2 aliphatic heterocycles. The smallest absolute Gasteiger partial charge is 0.257 e. The SMILES string of the molecule is O=C(c1ccc(O)cc1O)N1CCC2(CC1)OCc1ccccc12. The van der Waals surface area contributed by atoms with E-state index >= 15 is 0 Å². The van der Waals surface area contributed by atoms with Crippen molar-refractivity contribution in [2.24, 2.45) is 0 Å². The van der Waals surface area contributed by atoms with Gasteiger partial charge in [0.2, 0.25) is 0 Å². The number of hydrogen-bond acceptors (Lipinski definition) is 4. The fraction of sp³-hybridized carbons (Fsp3) is 0.316. The fourth-order valence-corrected chi connectivity index (χ4v) is 3.74. The highest BCUT2D eigenvalue weighted by atomic mass is 16.5. The lowest BCUT2D eigenvalue weighted by atomic mass is 9.83. The summed E-state index contributed by atoms with van der Waals surface area (Å²) in [6.07, 6.45) is 1.49. The second-order valence-electron chi connectivity index (χ2n) is 6.43. The molecule has 0 atom stereocenters. The minimum Gasteiger partial charge on any atom is -0.508 e. The Morgan fingerprint density at radius 3 is 2.58 bits per heavy atom. The zero-order chi connectivity index (χ0) is 16.7. The van der Waals surface area contributed by atoms with Crippen molar-refractivity contribution in [3.63, 3.8) is 0 Å². The molecule has 0 saturated carbocycles. The van der Waals surface area contributed by atoms with Crippen LogP contribution in [-0.4, -0.2) is 34.1 Å². The Morgan fingerprint density at radius 1 is 1.08 bits per heavy atom. The molecule has 5 heteroatoms. The van der Waals surface area contributed by atoms with Gasteiger partial charge in [0, 0.05) is 19.2 Å². The first-order valence-corrected chi connectivity index (χ1v) is 8.13. The van der Waals surface area contributed by atoms with Crippen molar-refractivity contribution in [1.29, 1.82) is 0 Å². The lowest BCUT2D eigenvalue weighted by Crippen LogP contribution is -2.45. The van der Waals surface area contributed by atoms with Gasteiger partial charge < -0.3 is 19.8 Å². The van der Waals surface area contributed by atoms with Crippen LogP contribution in [0.4, 0.5) is 0 Å². The van der Waals surface area contributed by atoms with Crippen LogP contribution < -0.4 is 0 Å². The highest BCUT2D eigenvalue weighted by molar-refractivity contribution is 5.97. The summed E-state index contributed by atoms with van der Waals surface area (Å²) in [7, 11) is 0. The standard InChI is InChI=1S/C19H19NO4/c21-14-5-6-15(17(22)11-14)18(23)20-9-7-19(8-10-20)16-4-2-1-3-13(16)12-24-19/h1-6,11,21-22H,7-10,12H2. The number of hydrogen-bond donors (Lipinski definition) is 2. The summed E-state index contributed by atoms with van der Waals surface area (Å²) in [5.74, 6) is -0.464. The summed E-state index contributed by atoms with van der Waals surface area (Å²) in [6, 6.07) is 12.3. The number of likely N-dealkylation sites (tertiary alicyclic amines) is 1. The van der Waals surface area contributed by atoms with Gasteiger partial charge in [0.1, 0.15) is 11.5 Å². The number of phenols is 2. The molecule has 0 radical (unpaired) electrons. The van der Waals surface area contributed by atoms with E-state index in [0.29, 0.717) is 19.7 Å². The number of phenolic OH excluding ortho intramolecular Hbond substituents is 2. The zero-order valence-corrected chi connectivity index (χ0v) is 13.2. The Balaban J connectivity index is 1.52. The number of fused-ring (bicyclic) bond motifs is 2. The van der Waals surface area contributed by atoms with Crippen LogP contribution in [0.5, 0.6) is 11.5 Å². The molecule has 2 aliphatic rings. The molecule has 0 aromatic heterocycles. The van der Waals surface area contributed by atoms with Crippen LogP contribution in [0.25, 0.3) is 0 Å². The Bertz CT molecular complexity index is 794. The number of ether oxygens (including phenoxy) is 1. The van der Waals surface area contributed by atoms with Gasteiger partial charge in [-0.1, -0.05) is 24.3 Å². The van der Waals surface area contributed by atoms with E-state index in [1.807, 2.05) is 12.1 Å². The third kappa shape index (κ3) is 2.32. The Morgan fingerprint density at radius 2 is 1.83 bits per heavy atom. The second-order valence-corrected chi connectivity index (χ2v) is 6.43. The van der Waals surface area contributed by atoms with Crippen LogP contribution in [0, 0.1) is 0 Å². The van der Waals surface area contributed by atoms with Crippen molar-refractivity contribution >= 4 is 5.91 Å². The average molecular weight is 325 g/mol. The number of carbonyl (C=O) groups is 1. The average Bonchev–Trinajstić information content (AvgIpc) is 2.94. The van der Waals surface area contributed by atoms with E-state index in [9.17, 15) is 15.0 Å². The van der Waals surface area contributed by atoms with Crippen molar-refractivity contribution in [3.8, 4) is 11.5 Å². The summed E-state index contributed by atoms with van der Waals surface area (Å²) >= 11 is 0. The molecular weight excluding hydrogens is 306 g/mol. The van der Waals surface area contributed by atoms with Gasteiger partial charge in [-0.05, 0) is 36.1 Å². The van der Waals surface area contributed by atoms with Crippen LogP contribution in [0.3, 0.4) is 0 Å². The van der Waals surface area contributed by atoms with Gasteiger partial charge in [-0.3, -0.25) is 4.79 Å². The maximum atomic E-state index is 12.6. The van der Waals surface area contributed by atoms with Gasteiger partial charge in [0.05, 0.1) is 17.8 Å². The second kappa shape index (κ2) is 5.53. The van der Waals surface area contributed by atoms with E-state index in [1.54, 1.807) is 4.90 Å². The molecule has 2 aromatic carbocycles. The van der Waals surface area contributed by atoms with Gasteiger partial charge >= 0.3 is 0 Å². The quantitative estimate of drug-likeness (QED) is 0.846. The van der Waals surface area contributed by atoms with Crippen molar-refractivity contribution in [1.82, 2.24) is 4.90 Å². The summed E-state index contributed by atoms with van der Waals surface area (Å²) in [6.45, 7) is 1.78. The van der Waals surface area contributed by atoms with Gasteiger partial charge in [0.25, 0.3) is 5.91 Å². The first-order valence-electron chi connectivity index (χ1n) is 8.13. The first-order chi connectivity index (χ1) is 11.6. The predicted octanol–water partition coefficient (Wildman–Crippen LogP) is 2.76. The molecule has 2 heterocycles. The van der Waals surface area contributed by atoms with E-state index < -0.39 is 0 Å². The van der Waals surface area contributed by atoms with Crippen LogP contribution in [-0.2, 0) is 16.9 Å². The Kier molecular flexibility index (Phi) is 3.46. The molecule has 0 unspecified atom stereocenters. The van der Waals surface area contributed by atoms with E-state index in [0.717, 1.165) is 12.8 Å². The van der Waals surface area contributed by atoms with Crippen molar-refractivity contribution in [2.75, 3.05) is 13.1 Å². The zero-order valence-electron chi connectivity index (χ0n) is 13.2. The molecule has 0 aliphatic carbocycles. The minimum absolute atomic E-state index is 0.0578. The third-order valence-corrected chi connectivity index (χ3v) is 5.08. The molecule has 1 amide bonds. The van der Waals surface area contributed by atoms with Crippen molar-refractivity contribution < 1.29 is 19.7 Å². The molecule has 2 N–H and O–H groups in total. The highest BCUT2D eigenvalue weighted by Crippen LogP contribution is 2.44. The number of benzene rings is 2. The van der Waals surface area contributed by atoms with Crippen molar-refractivity contribution in [2.45, 2.75) is 25.0 Å². The van der Waals surface area contributed by atoms with Crippen LogP contribution in [0.1, 0.15) is 34.3 Å². The highest BCUT2D eigenvalue weighted by Gasteiger charge is 2.43. The first kappa shape index (κ1) is 15.0. The lowest BCUT2D eigenvalue weighted by molar-refractivity contribution is -0.0741. The Hall–Kier alpha value is -2.53. The van der Waals surface area contributed by atoms with E-state index in [4.69, 9.17) is 4.74 Å². The van der Waals surface area contributed by atoms with Gasteiger partial charge in [-0.2, -0.15) is 0 Å². The van der Waals surface area contributed by atoms with Gasteiger partial charge in [-0.15, -0.1) is 0 Å². The van der Waals surface area contributed by atoms with Crippen LogP contribution >= 0.6 is 0 Å². The molecule has 2 aromatic rings. The Labute approximate surface area is 140 Å². The number of rotatable bonds is 1. The third-order valence-electron chi connectivity index (χ3n) is 5.08. The molecule has 5 nitrogen and oxygen atoms in total. The summed E-state index contributed by atoms with van der Waals surface area (Å²) in [5, 5.41) is 19.3. The predicted molar refractivity (Wildman–Crippen MR) is 87.8 cm³/mol. The summed E-state index contributed by atoms with van der Waals surface area (Å²) in [4.78, 5) is 14.4. The topological polar surface area (TPSA) is 70.0 Å². The largest absolute Gasteiger partial charge is 0.508 e. The number of amides is 1. The molecule has 0 bridgehead atoms.